The van der Waals surface area contributed by atoms with E-state index in [0.29, 0.717) is 0 Å². The maximum atomic E-state index is 5.51. The van der Waals surface area contributed by atoms with Crippen LogP contribution in [0.4, 0.5) is 0 Å². The number of ether oxygens (including phenoxy) is 1. The van der Waals surface area contributed by atoms with Crippen LogP contribution < -0.4 is 0 Å². The smallest absolute Gasteiger partial charge is 0.0832 e. The summed E-state index contributed by atoms with van der Waals surface area (Å²) in [6.45, 7) is 7.22. The fraction of sp³-hybridized carbons (Fsp3) is 0.750. The molecule has 0 aromatic carbocycles. The first-order chi connectivity index (χ1) is 4.13. The number of rotatable bonds is 0. The predicted molar refractivity (Wildman–Crippen MR) is 38.4 cm³/mol. The van der Waals surface area contributed by atoms with Crippen LogP contribution in [0.3, 0.4) is 0 Å². The summed E-state index contributed by atoms with van der Waals surface area (Å²) < 4.78 is 5.51. The van der Waals surface area contributed by atoms with Gasteiger partial charge in [-0.1, -0.05) is 6.08 Å². The van der Waals surface area contributed by atoms with Gasteiger partial charge in [0.1, 0.15) is 0 Å². The third-order valence-electron chi connectivity index (χ3n) is 1.98. The van der Waals surface area contributed by atoms with Gasteiger partial charge in [-0.05, 0) is 32.8 Å². The molecule has 0 atom stereocenters. The fourth-order valence-corrected chi connectivity index (χ4v) is 0.949. The number of hydrogen-bond acceptors (Lipinski definition) is 1. The summed E-state index contributed by atoms with van der Waals surface area (Å²) in [4.78, 5) is 0. The molecule has 0 N–H and O–H groups in total. The van der Waals surface area contributed by atoms with E-state index in [4.69, 9.17) is 4.74 Å². The molecule has 0 radical (unpaired) electrons. The van der Waals surface area contributed by atoms with Gasteiger partial charge >= 0.3 is 0 Å². The highest BCUT2D eigenvalue weighted by Gasteiger charge is 2.22. The SMILES string of the molecule is CC1=CCCOC1(C)C. The van der Waals surface area contributed by atoms with Crippen LogP contribution in [0.15, 0.2) is 11.6 Å². The Hall–Kier alpha value is -0.300. The van der Waals surface area contributed by atoms with Crippen molar-refractivity contribution in [3.8, 4) is 0 Å². The van der Waals surface area contributed by atoms with Crippen molar-refractivity contribution < 1.29 is 4.74 Å². The van der Waals surface area contributed by atoms with E-state index in [1.807, 2.05) is 0 Å². The highest BCUT2D eigenvalue weighted by Crippen LogP contribution is 2.24. The minimum absolute atomic E-state index is 0.00174. The summed E-state index contributed by atoms with van der Waals surface area (Å²) >= 11 is 0. The molecule has 1 rings (SSSR count). The highest BCUT2D eigenvalue weighted by atomic mass is 16.5. The van der Waals surface area contributed by atoms with E-state index in [1.54, 1.807) is 0 Å². The minimum Gasteiger partial charge on any atom is -0.371 e. The van der Waals surface area contributed by atoms with Gasteiger partial charge in [0.15, 0.2) is 0 Å². The molecule has 0 saturated heterocycles. The van der Waals surface area contributed by atoms with Gasteiger partial charge in [-0.25, -0.2) is 0 Å². The van der Waals surface area contributed by atoms with E-state index in [0.717, 1.165) is 13.0 Å². The molecule has 1 aliphatic rings. The monoisotopic (exact) mass is 126 g/mol. The van der Waals surface area contributed by atoms with Crippen molar-refractivity contribution in [3.05, 3.63) is 11.6 Å². The van der Waals surface area contributed by atoms with Crippen LogP contribution in [0.5, 0.6) is 0 Å². The average Bonchev–Trinajstić information content (AvgIpc) is 1.77. The van der Waals surface area contributed by atoms with Gasteiger partial charge in [-0.15, -0.1) is 0 Å². The van der Waals surface area contributed by atoms with Crippen LogP contribution in [0.1, 0.15) is 27.2 Å². The second-order valence-corrected chi connectivity index (χ2v) is 3.03. The maximum Gasteiger partial charge on any atom is 0.0832 e. The lowest BCUT2D eigenvalue weighted by Crippen LogP contribution is -2.29. The van der Waals surface area contributed by atoms with Crippen LogP contribution in [0.2, 0.25) is 0 Å². The second-order valence-electron chi connectivity index (χ2n) is 3.03. The predicted octanol–water partition coefficient (Wildman–Crippen LogP) is 2.13. The van der Waals surface area contributed by atoms with Crippen LogP contribution >= 0.6 is 0 Å². The molecule has 1 nitrogen and oxygen atoms in total. The summed E-state index contributed by atoms with van der Waals surface area (Å²) in [7, 11) is 0. The zero-order valence-electron chi connectivity index (χ0n) is 6.40. The summed E-state index contributed by atoms with van der Waals surface area (Å²) in [6, 6.07) is 0. The zero-order chi connectivity index (χ0) is 6.91. The molecule has 9 heavy (non-hydrogen) atoms. The van der Waals surface area contributed by atoms with Gasteiger partial charge in [-0.2, -0.15) is 0 Å². The molecule has 0 aliphatic carbocycles. The standard InChI is InChI=1S/C8H14O/c1-7-5-4-6-9-8(7,2)3/h5H,4,6H2,1-3H3. The number of hydrogen-bond donors (Lipinski definition) is 0. The molecule has 1 heteroatoms. The van der Waals surface area contributed by atoms with Crippen molar-refractivity contribution in [1.29, 1.82) is 0 Å². The Balaban J connectivity index is 2.73. The van der Waals surface area contributed by atoms with Crippen molar-refractivity contribution in [1.82, 2.24) is 0 Å². The van der Waals surface area contributed by atoms with Crippen molar-refractivity contribution in [2.75, 3.05) is 6.61 Å². The molecule has 52 valence electrons. The van der Waals surface area contributed by atoms with Gasteiger partial charge in [-0.3, -0.25) is 0 Å². The zero-order valence-corrected chi connectivity index (χ0v) is 6.40. The van der Waals surface area contributed by atoms with E-state index in [1.165, 1.54) is 5.57 Å². The Morgan fingerprint density at radius 3 is 2.56 bits per heavy atom. The van der Waals surface area contributed by atoms with Crippen LogP contribution in [0, 0.1) is 0 Å². The molecular weight excluding hydrogens is 112 g/mol. The first-order valence-corrected chi connectivity index (χ1v) is 3.44. The molecule has 0 fully saturated rings. The van der Waals surface area contributed by atoms with Gasteiger partial charge in [0.05, 0.1) is 12.2 Å². The molecule has 0 aromatic rings. The van der Waals surface area contributed by atoms with Crippen LogP contribution in [0.25, 0.3) is 0 Å². The fourth-order valence-electron chi connectivity index (χ4n) is 0.949. The molecule has 0 unspecified atom stereocenters. The van der Waals surface area contributed by atoms with E-state index in [9.17, 15) is 0 Å². The summed E-state index contributed by atoms with van der Waals surface area (Å²) in [5, 5.41) is 0. The van der Waals surface area contributed by atoms with E-state index >= 15 is 0 Å². The highest BCUT2D eigenvalue weighted by molar-refractivity contribution is 5.13. The molecule has 0 bridgehead atoms. The molecule has 0 aromatic heterocycles. The Kier molecular flexibility index (Phi) is 1.62. The summed E-state index contributed by atoms with van der Waals surface area (Å²) in [5.41, 5.74) is 1.35. The molecule has 0 amide bonds. The Labute approximate surface area is 56.7 Å². The summed E-state index contributed by atoms with van der Waals surface area (Å²) in [5.74, 6) is 0. The van der Waals surface area contributed by atoms with Gasteiger partial charge in [0.2, 0.25) is 0 Å². The van der Waals surface area contributed by atoms with Gasteiger partial charge < -0.3 is 4.74 Å². The largest absolute Gasteiger partial charge is 0.371 e. The van der Waals surface area contributed by atoms with Crippen molar-refractivity contribution >= 4 is 0 Å². The van der Waals surface area contributed by atoms with E-state index < -0.39 is 0 Å². The Bertz CT molecular complexity index is 134. The normalized spacial score (nSPS) is 25.4. The molecular formula is C8H14O. The Morgan fingerprint density at radius 1 is 1.56 bits per heavy atom. The lowest BCUT2D eigenvalue weighted by molar-refractivity contribution is 0.00403. The molecule has 1 aliphatic heterocycles. The van der Waals surface area contributed by atoms with Gasteiger partial charge in [0.25, 0.3) is 0 Å². The molecule has 0 saturated carbocycles. The average molecular weight is 126 g/mol. The van der Waals surface area contributed by atoms with Crippen molar-refractivity contribution in [2.45, 2.75) is 32.8 Å². The molecule has 0 spiro atoms. The van der Waals surface area contributed by atoms with Crippen LogP contribution in [-0.4, -0.2) is 12.2 Å². The quantitative estimate of drug-likeness (QED) is 0.452. The van der Waals surface area contributed by atoms with Gasteiger partial charge in [0, 0.05) is 0 Å². The van der Waals surface area contributed by atoms with E-state index in [-0.39, 0.29) is 5.60 Å². The van der Waals surface area contributed by atoms with Crippen molar-refractivity contribution in [2.24, 2.45) is 0 Å². The minimum atomic E-state index is -0.00174. The summed E-state index contributed by atoms with van der Waals surface area (Å²) in [6.07, 6.45) is 3.33. The van der Waals surface area contributed by atoms with E-state index in [2.05, 4.69) is 26.8 Å². The Morgan fingerprint density at radius 2 is 2.22 bits per heavy atom. The lowest BCUT2D eigenvalue weighted by Gasteiger charge is -2.29. The van der Waals surface area contributed by atoms with Crippen molar-refractivity contribution in [3.63, 3.8) is 0 Å². The topological polar surface area (TPSA) is 9.23 Å². The molecule has 1 heterocycles. The third kappa shape index (κ3) is 1.33. The van der Waals surface area contributed by atoms with Crippen LogP contribution in [-0.2, 0) is 4.74 Å². The first kappa shape index (κ1) is 6.81. The third-order valence-corrected chi connectivity index (χ3v) is 1.98. The first-order valence-electron chi connectivity index (χ1n) is 3.44. The maximum absolute atomic E-state index is 5.51. The second kappa shape index (κ2) is 2.14. The lowest BCUT2D eigenvalue weighted by atomic mass is 9.96.